The molecule has 4 rings (SSSR count). The Hall–Kier alpha value is -1.76. The van der Waals surface area contributed by atoms with Crippen LogP contribution < -0.4 is 4.80 Å². The van der Waals surface area contributed by atoms with Crippen molar-refractivity contribution in [3.63, 3.8) is 0 Å². The van der Waals surface area contributed by atoms with Gasteiger partial charge < -0.3 is 9.30 Å². The van der Waals surface area contributed by atoms with Crippen molar-refractivity contribution < 1.29 is 22.7 Å². The minimum atomic E-state index is -3.74. The highest BCUT2D eigenvalue weighted by Gasteiger charge is 2.34. The third-order valence-corrected chi connectivity index (χ3v) is 10.2. The number of ether oxygens (including phenoxy) is 1. The summed E-state index contributed by atoms with van der Waals surface area (Å²) in [5, 5.41) is 0.525. The first-order chi connectivity index (χ1) is 16.2. The van der Waals surface area contributed by atoms with Gasteiger partial charge in [0.05, 0.1) is 27.1 Å². The molecule has 1 amide bonds. The van der Waals surface area contributed by atoms with Gasteiger partial charge in [0.1, 0.15) is 10.8 Å². The number of fused-ring (bicyclic) bond motifs is 1. The predicted octanol–water partition coefficient (Wildman–Crippen LogP) is 4.16. The van der Waals surface area contributed by atoms with E-state index in [-0.39, 0.29) is 23.9 Å². The minimum Gasteiger partial charge on any atom is -0.465 e. The second kappa shape index (κ2) is 10.5. The van der Waals surface area contributed by atoms with E-state index in [0.717, 1.165) is 16.0 Å². The van der Waals surface area contributed by atoms with Crippen molar-refractivity contribution in [3.8, 4) is 0 Å². The van der Waals surface area contributed by atoms with Crippen molar-refractivity contribution in [1.29, 1.82) is 0 Å². The predicted molar refractivity (Wildman–Crippen MR) is 133 cm³/mol. The molecular weight excluding hydrogens is 541 g/mol. The van der Waals surface area contributed by atoms with E-state index in [1.54, 1.807) is 29.7 Å². The van der Waals surface area contributed by atoms with Crippen LogP contribution in [0, 0.1) is 5.92 Å². The first-order valence-corrected chi connectivity index (χ1v) is 14.3. The molecule has 0 aliphatic carbocycles. The minimum absolute atomic E-state index is 0.0365. The van der Waals surface area contributed by atoms with Gasteiger partial charge in [-0.15, -0.1) is 11.3 Å². The summed E-state index contributed by atoms with van der Waals surface area (Å²) in [6.45, 7) is 2.21. The van der Waals surface area contributed by atoms with Gasteiger partial charge in [-0.05, 0) is 50.1 Å². The van der Waals surface area contributed by atoms with Crippen molar-refractivity contribution in [2.45, 2.75) is 30.5 Å². The number of amides is 1. The summed E-state index contributed by atoms with van der Waals surface area (Å²) >= 11 is 14.2. The Morgan fingerprint density at radius 2 is 2.00 bits per heavy atom. The Kier molecular flexibility index (Phi) is 7.80. The molecule has 0 spiro atoms. The molecule has 1 aliphatic rings. The number of nitrogens with zero attached hydrogens (tertiary/aromatic N) is 3. The number of piperidine rings is 1. The van der Waals surface area contributed by atoms with Crippen LogP contribution in [0.4, 0.5) is 0 Å². The average Bonchev–Trinajstić information content (AvgIpc) is 3.38. The molecule has 0 saturated carbocycles. The van der Waals surface area contributed by atoms with Crippen molar-refractivity contribution in [1.82, 2.24) is 8.87 Å². The maximum atomic E-state index is 13.1. The third kappa shape index (κ3) is 5.39. The molecule has 3 aromatic rings. The summed E-state index contributed by atoms with van der Waals surface area (Å²) in [6, 6.07) is 8.21. The van der Waals surface area contributed by atoms with E-state index >= 15 is 0 Å². The van der Waals surface area contributed by atoms with E-state index < -0.39 is 27.8 Å². The van der Waals surface area contributed by atoms with E-state index in [9.17, 15) is 18.0 Å². The van der Waals surface area contributed by atoms with Crippen LogP contribution in [0.1, 0.15) is 19.8 Å². The molecule has 1 fully saturated rings. The van der Waals surface area contributed by atoms with Crippen LogP contribution in [0.15, 0.2) is 39.5 Å². The van der Waals surface area contributed by atoms with Gasteiger partial charge in [0.2, 0.25) is 0 Å². The Bertz CT molecular complexity index is 1410. The number of benzene rings is 1. The van der Waals surface area contributed by atoms with E-state index in [4.69, 9.17) is 27.9 Å². The molecule has 3 heterocycles. The highest BCUT2D eigenvalue weighted by molar-refractivity contribution is 7.91. The van der Waals surface area contributed by atoms with Crippen LogP contribution in [0.2, 0.25) is 9.36 Å². The zero-order valence-electron chi connectivity index (χ0n) is 18.1. The molecule has 34 heavy (non-hydrogen) atoms. The first kappa shape index (κ1) is 25.3. The van der Waals surface area contributed by atoms with Crippen molar-refractivity contribution in [2.24, 2.45) is 10.9 Å². The second-order valence-corrected chi connectivity index (χ2v) is 12.9. The van der Waals surface area contributed by atoms with E-state index in [2.05, 4.69) is 4.99 Å². The SMILES string of the molecule is CCOC(=O)Cn1c(=NC(=O)C2CCCN(S(=O)(=O)c3ccc(Cl)s3)C2)sc2cc(Cl)ccc21. The van der Waals surface area contributed by atoms with Crippen molar-refractivity contribution in [2.75, 3.05) is 19.7 Å². The largest absolute Gasteiger partial charge is 0.465 e. The lowest BCUT2D eigenvalue weighted by atomic mass is 9.99. The van der Waals surface area contributed by atoms with Gasteiger partial charge in [-0.3, -0.25) is 9.59 Å². The molecular formula is C21H21Cl2N3O5S3. The number of carbonyl (C=O) groups is 2. The van der Waals surface area contributed by atoms with Crippen LogP contribution in [0.25, 0.3) is 10.2 Å². The molecule has 1 atom stereocenters. The lowest BCUT2D eigenvalue weighted by Gasteiger charge is -2.29. The monoisotopic (exact) mass is 561 g/mol. The summed E-state index contributed by atoms with van der Waals surface area (Å²) < 4.78 is 35.3. The Balaban J connectivity index is 1.64. The number of esters is 1. The molecule has 182 valence electrons. The highest BCUT2D eigenvalue weighted by Crippen LogP contribution is 2.31. The lowest BCUT2D eigenvalue weighted by molar-refractivity contribution is -0.143. The van der Waals surface area contributed by atoms with E-state index in [1.807, 2.05) is 0 Å². The number of halogens is 2. The van der Waals surface area contributed by atoms with Gasteiger partial charge in [0.15, 0.2) is 4.80 Å². The Labute approximate surface area is 214 Å². The maximum Gasteiger partial charge on any atom is 0.326 e. The Morgan fingerprint density at radius 1 is 1.21 bits per heavy atom. The maximum absolute atomic E-state index is 13.1. The summed E-state index contributed by atoms with van der Waals surface area (Å²) in [7, 11) is -3.74. The molecule has 1 aliphatic heterocycles. The number of rotatable bonds is 6. The zero-order valence-corrected chi connectivity index (χ0v) is 22.0. The standard InChI is InChI=1S/C21H21Cl2N3O5S3/c1-2-31-18(27)12-26-15-6-5-14(22)10-16(15)32-21(26)24-20(28)13-4-3-9-25(11-13)34(29,30)19-8-7-17(23)33-19/h5-8,10,13H,2-4,9,11-12H2,1H3. The lowest BCUT2D eigenvalue weighted by Crippen LogP contribution is -2.42. The molecule has 0 bridgehead atoms. The molecule has 0 radical (unpaired) electrons. The van der Waals surface area contributed by atoms with Gasteiger partial charge in [-0.25, -0.2) is 8.42 Å². The van der Waals surface area contributed by atoms with E-state index in [0.29, 0.717) is 39.1 Å². The number of hydrogen-bond donors (Lipinski definition) is 0. The summed E-state index contributed by atoms with van der Waals surface area (Å²) in [4.78, 5) is 30.0. The number of aromatic nitrogens is 1. The quantitative estimate of drug-likeness (QED) is 0.421. The molecule has 1 unspecified atom stereocenters. The van der Waals surface area contributed by atoms with Crippen LogP contribution >= 0.6 is 45.9 Å². The number of hydrogen-bond acceptors (Lipinski definition) is 7. The molecule has 8 nitrogen and oxygen atoms in total. The van der Waals surface area contributed by atoms with Gasteiger partial charge >= 0.3 is 5.97 Å². The van der Waals surface area contributed by atoms with Crippen LogP contribution in [0.5, 0.6) is 0 Å². The van der Waals surface area contributed by atoms with Crippen molar-refractivity contribution >= 4 is 78.0 Å². The van der Waals surface area contributed by atoms with Gasteiger partial charge in [0, 0.05) is 18.1 Å². The van der Waals surface area contributed by atoms with Gasteiger partial charge in [-0.2, -0.15) is 9.30 Å². The summed E-state index contributed by atoms with van der Waals surface area (Å²) in [5.74, 6) is -1.47. The smallest absolute Gasteiger partial charge is 0.326 e. The van der Waals surface area contributed by atoms with Crippen molar-refractivity contribution in [3.05, 3.63) is 44.5 Å². The molecule has 1 aromatic carbocycles. The molecule has 1 saturated heterocycles. The number of thiophene rings is 1. The van der Waals surface area contributed by atoms with Crippen LogP contribution in [0.3, 0.4) is 0 Å². The topological polar surface area (TPSA) is 98.0 Å². The van der Waals surface area contributed by atoms with Crippen LogP contribution in [-0.2, 0) is 30.9 Å². The number of thiazole rings is 1. The van der Waals surface area contributed by atoms with Gasteiger partial charge in [-0.1, -0.05) is 34.5 Å². The fourth-order valence-corrected chi connectivity index (χ4v) is 8.20. The zero-order chi connectivity index (χ0) is 24.5. The third-order valence-electron chi connectivity index (χ3n) is 5.32. The number of carbonyl (C=O) groups excluding carboxylic acids is 2. The average molecular weight is 563 g/mol. The normalized spacial score (nSPS) is 17.9. The fraction of sp³-hybridized carbons (Fsp3) is 0.381. The molecule has 2 aromatic heterocycles. The number of sulfonamides is 1. The molecule has 13 heteroatoms. The Morgan fingerprint density at radius 3 is 2.71 bits per heavy atom. The summed E-state index contributed by atoms with van der Waals surface area (Å²) in [6.07, 6.45) is 1.06. The molecule has 0 N–H and O–H groups in total. The van der Waals surface area contributed by atoms with E-state index in [1.165, 1.54) is 27.8 Å². The highest BCUT2D eigenvalue weighted by atomic mass is 35.5. The van der Waals surface area contributed by atoms with Gasteiger partial charge in [0.25, 0.3) is 15.9 Å². The second-order valence-electron chi connectivity index (χ2n) is 7.60. The first-order valence-electron chi connectivity index (χ1n) is 10.5. The fourth-order valence-electron chi connectivity index (χ4n) is 3.73. The van der Waals surface area contributed by atoms with Crippen LogP contribution in [-0.4, -0.2) is 48.9 Å². The summed E-state index contributed by atoms with van der Waals surface area (Å²) in [5.41, 5.74) is 0.705.